The summed E-state index contributed by atoms with van der Waals surface area (Å²) in [6.07, 6.45) is 0. The highest BCUT2D eigenvalue weighted by Gasteiger charge is 2.46. The Morgan fingerprint density at radius 2 is 1.04 bits per heavy atom. The molecule has 0 saturated heterocycles. The summed E-state index contributed by atoms with van der Waals surface area (Å²) in [6.45, 7) is 27.6. The lowest BCUT2D eigenvalue weighted by Crippen LogP contribution is -2.60. The van der Waals surface area contributed by atoms with E-state index in [0.717, 1.165) is 17.1 Å². The normalized spacial score (nSPS) is 13.5. The molecule has 0 spiro atoms. The Morgan fingerprint density at radius 3 is 1.67 bits per heavy atom. The fourth-order valence-corrected chi connectivity index (χ4v) is 12.9. The number of rotatable bonds is 5. The SMILES string of the molecule is Cc1ccc(N(c2ccc(C)cc2)c2ccc(N3c4ccc(C(C)(C)C)cc4B4c5sc6ccc(C(C)(C)C)cc6c5N(c5ccc(C(C)(C)C)cc5)c5cc(C)cc3c54)c3c4ccccc4n(C)c23)cc1. The molecule has 0 saturated carbocycles. The molecule has 2 aliphatic heterocycles. The van der Waals surface area contributed by atoms with Gasteiger partial charge in [0.2, 0.25) is 0 Å². The van der Waals surface area contributed by atoms with Gasteiger partial charge in [0.15, 0.2) is 0 Å². The molecule has 0 amide bonds. The van der Waals surface area contributed by atoms with E-state index in [4.69, 9.17) is 0 Å². The molecule has 358 valence electrons. The average molecular weight is 957 g/mol. The van der Waals surface area contributed by atoms with Gasteiger partial charge in [0.1, 0.15) is 0 Å². The molecule has 0 N–H and O–H groups in total. The van der Waals surface area contributed by atoms with E-state index in [1.54, 1.807) is 0 Å². The minimum absolute atomic E-state index is 0.00211. The first kappa shape index (κ1) is 46.1. The van der Waals surface area contributed by atoms with E-state index < -0.39 is 0 Å². The zero-order chi connectivity index (χ0) is 50.3. The maximum Gasteiger partial charge on any atom is 0.264 e. The molecule has 2 aliphatic rings. The van der Waals surface area contributed by atoms with Crippen LogP contribution in [0.25, 0.3) is 31.9 Å². The van der Waals surface area contributed by atoms with Crippen LogP contribution in [0.2, 0.25) is 0 Å². The van der Waals surface area contributed by atoms with Crippen LogP contribution in [0.3, 0.4) is 0 Å². The molecule has 4 heterocycles. The Kier molecular flexibility index (Phi) is 10.4. The highest BCUT2D eigenvalue weighted by Crippen LogP contribution is 2.53. The fourth-order valence-electron chi connectivity index (χ4n) is 11.6. The lowest BCUT2D eigenvalue weighted by Gasteiger charge is -2.44. The molecule has 10 aromatic rings. The molecule has 0 bridgehead atoms. The third-order valence-corrected chi connectivity index (χ3v) is 16.8. The number of hydrogen-bond acceptors (Lipinski definition) is 4. The van der Waals surface area contributed by atoms with E-state index >= 15 is 0 Å². The van der Waals surface area contributed by atoms with Crippen molar-refractivity contribution in [2.75, 3.05) is 14.7 Å². The van der Waals surface area contributed by atoms with Gasteiger partial charge in [-0.15, -0.1) is 11.3 Å². The number of aromatic nitrogens is 1. The Hall–Kier alpha value is -7.02. The van der Waals surface area contributed by atoms with Crippen LogP contribution < -0.4 is 30.4 Å². The summed E-state index contributed by atoms with van der Waals surface area (Å²) in [6, 6.07) is 60.8. The summed E-state index contributed by atoms with van der Waals surface area (Å²) in [5.41, 5.74) is 23.6. The highest BCUT2D eigenvalue weighted by molar-refractivity contribution is 7.33. The van der Waals surface area contributed by atoms with Crippen molar-refractivity contribution in [1.29, 1.82) is 0 Å². The molecular formula is C66H65BN4S. The molecule has 0 unspecified atom stereocenters. The highest BCUT2D eigenvalue weighted by atomic mass is 32.1. The summed E-state index contributed by atoms with van der Waals surface area (Å²) in [4.78, 5) is 7.72. The van der Waals surface area contributed by atoms with Crippen molar-refractivity contribution in [3.63, 3.8) is 0 Å². The van der Waals surface area contributed by atoms with Crippen molar-refractivity contribution in [2.45, 2.75) is 99.3 Å². The van der Waals surface area contributed by atoms with Crippen LogP contribution in [0.4, 0.5) is 51.2 Å². The van der Waals surface area contributed by atoms with Crippen LogP contribution in [-0.4, -0.2) is 11.3 Å². The number of para-hydroxylation sites is 1. The number of thiophene rings is 1. The minimum atomic E-state index is -0.0592. The zero-order valence-electron chi connectivity index (χ0n) is 44.3. The molecule has 4 nitrogen and oxygen atoms in total. The van der Waals surface area contributed by atoms with Gasteiger partial charge in [0.25, 0.3) is 6.71 Å². The quantitative estimate of drug-likeness (QED) is 0.160. The van der Waals surface area contributed by atoms with Crippen LogP contribution >= 0.6 is 11.3 Å². The summed E-state index contributed by atoms with van der Waals surface area (Å²) in [5.74, 6) is 0. The predicted molar refractivity (Wildman–Crippen MR) is 315 cm³/mol. The van der Waals surface area contributed by atoms with Crippen molar-refractivity contribution >= 4 is 117 Å². The first-order chi connectivity index (χ1) is 34.3. The van der Waals surface area contributed by atoms with Crippen LogP contribution in [0, 0.1) is 20.8 Å². The number of hydrogen-bond donors (Lipinski definition) is 0. The lowest BCUT2D eigenvalue weighted by atomic mass is 9.36. The zero-order valence-corrected chi connectivity index (χ0v) is 45.1. The van der Waals surface area contributed by atoms with E-state index in [-0.39, 0.29) is 23.0 Å². The molecule has 0 radical (unpaired) electrons. The molecule has 8 aromatic carbocycles. The Morgan fingerprint density at radius 1 is 0.486 bits per heavy atom. The van der Waals surface area contributed by atoms with Gasteiger partial charge < -0.3 is 19.3 Å². The van der Waals surface area contributed by atoms with E-state index in [1.807, 2.05) is 11.3 Å². The van der Waals surface area contributed by atoms with Crippen molar-refractivity contribution in [3.05, 3.63) is 191 Å². The average Bonchev–Trinajstić information content (AvgIpc) is 3.87. The molecule has 0 fully saturated rings. The van der Waals surface area contributed by atoms with E-state index in [2.05, 4.69) is 267 Å². The van der Waals surface area contributed by atoms with E-state index in [9.17, 15) is 0 Å². The molecule has 0 atom stereocenters. The van der Waals surface area contributed by atoms with Crippen molar-refractivity contribution in [1.82, 2.24) is 4.57 Å². The fraction of sp³-hybridized carbons (Fsp3) is 0.242. The van der Waals surface area contributed by atoms with Crippen LogP contribution in [-0.2, 0) is 23.3 Å². The van der Waals surface area contributed by atoms with Crippen LogP contribution in [0.1, 0.15) is 95.7 Å². The van der Waals surface area contributed by atoms with Crippen LogP contribution in [0.15, 0.2) is 158 Å². The monoisotopic (exact) mass is 957 g/mol. The molecular weight excluding hydrogens is 892 g/mol. The van der Waals surface area contributed by atoms with Crippen molar-refractivity contribution in [2.24, 2.45) is 7.05 Å². The summed E-state index contributed by atoms with van der Waals surface area (Å²) in [7, 11) is 2.25. The summed E-state index contributed by atoms with van der Waals surface area (Å²) < 4.78 is 5.16. The number of anilines is 9. The Labute approximate surface area is 431 Å². The van der Waals surface area contributed by atoms with Gasteiger partial charge in [-0.25, -0.2) is 0 Å². The van der Waals surface area contributed by atoms with Gasteiger partial charge in [-0.3, -0.25) is 0 Å². The first-order valence-corrected chi connectivity index (χ1v) is 26.6. The minimum Gasteiger partial charge on any atom is -0.342 e. The second-order valence-electron chi connectivity index (χ2n) is 23.8. The van der Waals surface area contributed by atoms with Crippen molar-refractivity contribution < 1.29 is 0 Å². The van der Waals surface area contributed by atoms with Gasteiger partial charge >= 0.3 is 0 Å². The van der Waals surface area contributed by atoms with Gasteiger partial charge in [-0.1, -0.05) is 146 Å². The molecule has 72 heavy (non-hydrogen) atoms. The van der Waals surface area contributed by atoms with Gasteiger partial charge in [0, 0.05) is 72.3 Å². The standard InChI is InChI=1S/C66H65BN4S/c1-40-18-26-46(27-19-40)69(47-28-20-41(2)21-29-47)55-34-33-54(59-49-16-14-15-17-52(49)68(13)62(55)59)71-53-32-24-45(66(10,11)12)39-51(53)67-60-56(36-42(3)37-57(60)71)70(48-30-22-43(23-31-48)64(4,5)6)61-50-38-44(65(7,8)9)25-35-58(50)72-63(61)67/h14-39H,1-13H3. The third-order valence-electron chi connectivity index (χ3n) is 15.6. The van der Waals surface area contributed by atoms with Gasteiger partial charge in [-0.05, 0) is 155 Å². The molecule has 0 aliphatic carbocycles. The molecule has 12 rings (SSSR count). The first-order valence-electron chi connectivity index (χ1n) is 25.8. The number of nitrogens with zero attached hydrogens (tertiary/aromatic N) is 4. The topological polar surface area (TPSA) is 14.7 Å². The molecule has 6 heteroatoms. The number of aryl methyl sites for hydroxylation is 4. The van der Waals surface area contributed by atoms with E-state index in [0.29, 0.717) is 0 Å². The smallest absolute Gasteiger partial charge is 0.264 e. The van der Waals surface area contributed by atoms with Gasteiger partial charge in [-0.2, -0.15) is 0 Å². The van der Waals surface area contributed by atoms with E-state index in [1.165, 1.54) is 115 Å². The largest absolute Gasteiger partial charge is 0.342 e. The maximum absolute atomic E-state index is 2.64. The maximum atomic E-state index is 2.64. The second-order valence-corrected chi connectivity index (χ2v) is 24.9. The third kappa shape index (κ3) is 7.23. The number of benzene rings is 8. The molecule has 2 aromatic heterocycles. The summed E-state index contributed by atoms with van der Waals surface area (Å²) >= 11 is 1.98. The predicted octanol–water partition coefficient (Wildman–Crippen LogP) is 16.9. The number of fused-ring (bicyclic) bond motifs is 9. The summed E-state index contributed by atoms with van der Waals surface area (Å²) in [5, 5.41) is 3.79. The lowest BCUT2D eigenvalue weighted by molar-refractivity contribution is 0.590. The van der Waals surface area contributed by atoms with Gasteiger partial charge in [0.05, 0.1) is 22.6 Å². The Bertz CT molecular complexity index is 3750. The Balaban J connectivity index is 1.19. The van der Waals surface area contributed by atoms with Crippen LogP contribution in [0.5, 0.6) is 0 Å². The van der Waals surface area contributed by atoms with Crippen molar-refractivity contribution in [3.8, 4) is 0 Å². The second kappa shape index (κ2) is 16.2.